The molecule has 0 fully saturated rings. The molecule has 0 saturated carbocycles. The van der Waals surface area contributed by atoms with Gasteiger partial charge in [-0.1, -0.05) is 17.7 Å². The van der Waals surface area contributed by atoms with Crippen LogP contribution in [0.15, 0.2) is 58.3 Å². The quantitative estimate of drug-likeness (QED) is 0.619. The summed E-state index contributed by atoms with van der Waals surface area (Å²) < 4.78 is 48.6. The number of nitrogen functional groups attached to an aromatic ring is 1. The third-order valence-corrected chi connectivity index (χ3v) is 8.67. The summed E-state index contributed by atoms with van der Waals surface area (Å²) in [6.45, 7) is 1.86. The SMILES string of the molecule is Cc1ccc(S(=O)(=O)SCCS(=O)(=O)c2ccc(N)cc2)cc1. The van der Waals surface area contributed by atoms with Gasteiger partial charge in [0.2, 0.25) is 8.87 Å². The van der Waals surface area contributed by atoms with Crippen molar-refractivity contribution in [2.24, 2.45) is 0 Å². The first-order valence-electron chi connectivity index (χ1n) is 6.75. The van der Waals surface area contributed by atoms with Gasteiger partial charge in [-0.15, -0.1) is 0 Å². The van der Waals surface area contributed by atoms with Gasteiger partial charge < -0.3 is 5.73 Å². The lowest BCUT2D eigenvalue weighted by atomic mass is 10.2. The predicted octanol–water partition coefficient (Wildman–Crippen LogP) is 2.47. The summed E-state index contributed by atoms with van der Waals surface area (Å²) in [5.74, 6) is -0.296. The molecule has 124 valence electrons. The lowest BCUT2D eigenvalue weighted by Crippen LogP contribution is -2.10. The second-order valence-electron chi connectivity index (χ2n) is 4.98. The van der Waals surface area contributed by atoms with E-state index in [0.717, 1.165) is 5.56 Å². The molecule has 0 spiro atoms. The summed E-state index contributed by atoms with van der Waals surface area (Å²) in [4.78, 5) is 0.318. The van der Waals surface area contributed by atoms with Gasteiger partial charge in [0.05, 0.1) is 15.5 Å². The van der Waals surface area contributed by atoms with Crippen LogP contribution < -0.4 is 5.73 Å². The number of anilines is 1. The minimum absolute atomic E-state index is 0.0388. The van der Waals surface area contributed by atoms with Crippen LogP contribution in [0.3, 0.4) is 0 Å². The average molecular weight is 372 g/mol. The third kappa shape index (κ3) is 4.73. The van der Waals surface area contributed by atoms with Gasteiger partial charge in [0.25, 0.3) is 0 Å². The predicted molar refractivity (Wildman–Crippen MR) is 93.7 cm³/mol. The Morgan fingerprint density at radius 2 is 1.39 bits per heavy atom. The molecular weight excluding hydrogens is 354 g/mol. The van der Waals surface area contributed by atoms with Crippen LogP contribution in [0.1, 0.15) is 5.56 Å². The van der Waals surface area contributed by atoms with Crippen LogP contribution >= 0.6 is 10.8 Å². The van der Waals surface area contributed by atoms with Crippen molar-refractivity contribution in [1.29, 1.82) is 0 Å². The largest absolute Gasteiger partial charge is 0.399 e. The lowest BCUT2D eigenvalue weighted by Gasteiger charge is -2.06. The van der Waals surface area contributed by atoms with Crippen LogP contribution in [0.5, 0.6) is 0 Å². The van der Waals surface area contributed by atoms with E-state index in [2.05, 4.69) is 0 Å². The highest BCUT2D eigenvalue weighted by molar-refractivity contribution is 8.72. The first-order valence-corrected chi connectivity index (χ1v) is 11.4. The van der Waals surface area contributed by atoms with Crippen molar-refractivity contribution in [2.45, 2.75) is 16.7 Å². The first kappa shape index (κ1) is 17.8. The molecule has 8 heteroatoms. The number of hydrogen-bond donors (Lipinski definition) is 1. The molecule has 0 aromatic heterocycles. The number of hydrogen-bond acceptors (Lipinski definition) is 6. The summed E-state index contributed by atoms with van der Waals surface area (Å²) in [5.41, 5.74) is 6.95. The van der Waals surface area contributed by atoms with E-state index in [9.17, 15) is 16.8 Å². The Labute approximate surface area is 140 Å². The normalized spacial score (nSPS) is 12.2. The van der Waals surface area contributed by atoms with Crippen molar-refractivity contribution in [3.63, 3.8) is 0 Å². The van der Waals surface area contributed by atoms with Crippen molar-refractivity contribution in [3.05, 3.63) is 54.1 Å². The van der Waals surface area contributed by atoms with Crippen LogP contribution in [0.4, 0.5) is 5.69 Å². The molecule has 2 rings (SSSR count). The molecule has 5 nitrogen and oxygen atoms in total. The Morgan fingerprint density at radius 1 is 0.870 bits per heavy atom. The highest BCUT2D eigenvalue weighted by atomic mass is 33.1. The Hall–Kier alpha value is -1.51. The number of benzene rings is 2. The molecule has 0 radical (unpaired) electrons. The van der Waals surface area contributed by atoms with Crippen molar-refractivity contribution < 1.29 is 16.8 Å². The first-order chi connectivity index (χ1) is 10.7. The van der Waals surface area contributed by atoms with Gasteiger partial charge in [0.15, 0.2) is 9.84 Å². The van der Waals surface area contributed by atoms with E-state index in [4.69, 9.17) is 5.73 Å². The monoisotopic (exact) mass is 371 g/mol. The Balaban J connectivity index is 2.03. The van der Waals surface area contributed by atoms with E-state index in [0.29, 0.717) is 16.5 Å². The standard InChI is InChI=1S/C15H17NO4S3/c1-12-2-6-15(7-3-12)23(19,20)21-10-11-22(17,18)14-8-4-13(16)5-9-14/h2-9H,10-11,16H2,1H3. The van der Waals surface area contributed by atoms with Gasteiger partial charge >= 0.3 is 0 Å². The van der Waals surface area contributed by atoms with Crippen LogP contribution in [0.25, 0.3) is 0 Å². The number of aryl methyl sites for hydroxylation is 1. The number of sulfone groups is 1. The highest BCUT2D eigenvalue weighted by Gasteiger charge is 2.19. The van der Waals surface area contributed by atoms with Gasteiger partial charge in [-0.05, 0) is 54.1 Å². The Kier molecular flexibility index (Phi) is 5.38. The van der Waals surface area contributed by atoms with E-state index in [1.165, 1.54) is 36.4 Å². The fourth-order valence-corrected chi connectivity index (χ4v) is 6.59. The zero-order valence-corrected chi connectivity index (χ0v) is 14.9. The lowest BCUT2D eigenvalue weighted by molar-refractivity contribution is 0.597. The van der Waals surface area contributed by atoms with Gasteiger partial charge in [0, 0.05) is 11.4 Å². The molecule has 0 heterocycles. The zero-order valence-electron chi connectivity index (χ0n) is 12.5. The Bertz CT molecular complexity index is 796. The summed E-state index contributed by atoms with van der Waals surface area (Å²) >= 11 is 0. The molecule has 0 aliphatic rings. The molecule has 0 amide bonds. The highest BCUT2D eigenvalue weighted by Crippen LogP contribution is 2.24. The molecule has 0 atom stereocenters. The van der Waals surface area contributed by atoms with Gasteiger partial charge in [-0.3, -0.25) is 0 Å². The second-order valence-corrected chi connectivity index (χ2v) is 11.1. The molecule has 0 bridgehead atoms. The van der Waals surface area contributed by atoms with Crippen LogP contribution in [-0.2, 0) is 18.7 Å². The molecular formula is C15H17NO4S3. The van der Waals surface area contributed by atoms with Gasteiger partial charge in [-0.25, -0.2) is 16.8 Å². The molecule has 2 aromatic carbocycles. The maximum Gasteiger partial charge on any atom is 0.230 e. The van der Waals surface area contributed by atoms with Crippen molar-refractivity contribution >= 4 is 35.2 Å². The van der Waals surface area contributed by atoms with Crippen molar-refractivity contribution in [2.75, 3.05) is 17.2 Å². The minimum Gasteiger partial charge on any atom is -0.399 e. The van der Waals surface area contributed by atoms with Crippen LogP contribution in [0, 0.1) is 6.92 Å². The Morgan fingerprint density at radius 3 is 1.96 bits per heavy atom. The number of nitrogens with two attached hydrogens (primary N) is 1. The summed E-state index contributed by atoms with van der Waals surface area (Å²) in [6, 6.07) is 12.3. The molecule has 0 aliphatic carbocycles. The maximum absolute atomic E-state index is 12.2. The van der Waals surface area contributed by atoms with E-state index < -0.39 is 18.7 Å². The van der Waals surface area contributed by atoms with E-state index in [-0.39, 0.29) is 21.3 Å². The summed E-state index contributed by atoms with van der Waals surface area (Å²) in [7, 11) is -6.45. The van der Waals surface area contributed by atoms with E-state index >= 15 is 0 Å². The van der Waals surface area contributed by atoms with Gasteiger partial charge in [0.1, 0.15) is 0 Å². The molecule has 2 N–H and O–H groups in total. The minimum atomic E-state index is -3.56. The second kappa shape index (κ2) is 6.94. The summed E-state index contributed by atoms with van der Waals surface area (Å²) in [5, 5.41) is 0. The van der Waals surface area contributed by atoms with Crippen molar-refractivity contribution in [3.8, 4) is 0 Å². The van der Waals surface area contributed by atoms with Crippen molar-refractivity contribution in [1.82, 2.24) is 0 Å². The smallest absolute Gasteiger partial charge is 0.230 e. The molecule has 0 unspecified atom stereocenters. The zero-order chi connectivity index (χ0) is 17.1. The maximum atomic E-state index is 12.2. The molecule has 2 aromatic rings. The third-order valence-electron chi connectivity index (χ3n) is 3.14. The molecule has 0 aliphatic heterocycles. The average Bonchev–Trinajstić information content (AvgIpc) is 2.47. The molecule has 0 saturated heterocycles. The fraction of sp³-hybridized carbons (Fsp3) is 0.200. The summed E-state index contributed by atoms with van der Waals surface area (Å²) in [6.07, 6.45) is 0. The van der Waals surface area contributed by atoms with Crippen LogP contribution in [0.2, 0.25) is 0 Å². The number of rotatable bonds is 6. The van der Waals surface area contributed by atoms with E-state index in [1.807, 2.05) is 6.92 Å². The van der Waals surface area contributed by atoms with E-state index in [1.54, 1.807) is 12.1 Å². The van der Waals surface area contributed by atoms with Crippen LogP contribution in [-0.4, -0.2) is 28.3 Å². The molecule has 23 heavy (non-hydrogen) atoms. The topological polar surface area (TPSA) is 94.3 Å². The van der Waals surface area contributed by atoms with Gasteiger partial charge in [-0.2, -0.15) is 0 Å². The fourth-order valence-electron chi connectivity index (χ4n) is 1.82.